The van der Waals surface area contributed by atoms with Crippen molar-refractivity contribution in [1.29, 1.82) is 0 Å². The number of rotatable bonds is 7. The molecule has 0 spiro atoms. The van der Waals surface area contributed by atoms with Gasteiger partial charge in [-0.05, 0) is 23.3 Å². The number of nitrogens with one attached hydrogen (secondary N) is 1. The fraction of sp³-hybridized carbons (Fsp3) is 0.176. The number of ketones is 1. The Kier molecular flexibility index (Phi) is 5.23. The topological polar surface area (TPSA) is 72.2 Å². The van der Waals surface area contributed by atoms with Gasteiger partial charge in [0.1, 0.15) is 0 Å². The second-order valence-corrected chi connectivity index (χ2v) is 4.87. The fourth-order valence-corrected chi connectivity index (χ4v) is 2.02. The molecule has 2 aromatic carbocycles. The van der Waals surface area contributed by atoms with Crippen molar-refractivity contribution in [2.45, 2.75) is 13.0 Å². The Morgan fingerprint density at radius 2 is 1.57 bits per heavy atom. The molecule has 0 atom stereocenters. The highest BCUT2D eigenvalue weighted by Gasteiger charge is 2.05. The predicted molar refractivity (Wildman–Crippen MR) is 81.8 cm³/mol. The number of nitrogens with two attached hydrogens (primary N) is 1. The molecule has 2 aromatic rings. The van der Waals surface area contributed by atoms with Crippen molar-refractivity contribution in [3.05, 3.63) is 71.3 Å². The van der Waals surface area contributed by atoms with E-state index in [9.17, 15) is 9.59 Å². The Hall–Kier alpha value is -2.46. The monoisotopic (exact) mass is 282 g/mol. The molecule has 3 N–H and O–H groups in total. The molecule has 0 bridgehead atoms. The minimum Gasteiger partial charge on any atom is -0.366 e. The lowest BCUT2D eigenvalue weighted by atomic mass is 10.1. The minimum absolute atomic E-state index is 0.109. The number of carbonyl (C=O) groups is 2. The number of benzene rings is 2. The zero-order valence-electron chi connectivity index (χ0n) is 11.7. The van der Waals surface area contributed by atoms with Crippen molar-refractivity contribution >= 4 is 11.7 Å². The molecule has 2 rings (SSSR count). The first-order valence-corrected chi connectivity index (χ1v) is 6.80. The van der Waals surface area contributed by atoms with Crippen LogP contribution in [0.4, 0.5) is 0 Å². The van der Waals surface area contributed by atoms with Crippen molar-refractivity contribution in [2.75, 3.05) is 6.54 Å². The Morgan fingerprint density at radius 1 is 0.905 bits per heavy atom. The van der Waals surface area contributed by atoms with Gasteiger partial charge in [-0.15, -0.1) is 0 Å². The first-order chi connectivity index (χ1) is 10.1. The van der Waals surface area contributed by atoms with Crippen molar-refractivity contribution < 1.29 is 9.59 Å². The van der Waals surface area contributed by atoms with Crippen LogP contribution in [0.1, 0.15) is 21.5 Å². The van der Waals surface area contributed by atoms with E-state index in [0.717, 1.165) is 11.1 Å². The summed E-state index contributed by atoms with van der Waals surface area (Å²) < 4.78 is 0. The zero-order chi connectivity index (χ0) is 15.1. The molecule has 0 aliphatic carbocycles. The minimum atomic E-state index is -0.461. The van der Waals surface area contributed by atoms with E-state index in [2.05, 4.69) is 5.32 Å². The maximum atomic E-state index is 11.9. The highest BCUT2D eigenvalue weighted by Crippen LogP contribution is 2.05. The van der Waals surface area contributed by atoms with Crippen LogP contribution in [0.15, 0.2) is 54.6 Å². The molecule has 0 saturated carbocycles. The Labute approximate surface area is 124 Å². The van der Waals surface area contributed by atoms with Crippen LogP contribution in [0, 0.1) is 0 Å². The summed E-state index contributed by atoms with van der Waals surface area (Å²) in [5, 5.41) is 3.13. The van der Waals surface area contributed by atoms with E-state index in [1.165, 1.54) is 0 Å². The van der Waals surface area contributed by atoms with Crippen molar-refractivity contribution in [2.24, 2.45) is 5.73 Å². The molecular formula is C17H18N2O2. The maximum absolute atomic E-state index is 11.9. The van der Waals surface area contributed by atoms with Crippen LogP contribution in [0.25, 0.3) is 0 Å². The maximum Gasteiger partial charge on any atom is 0.248 e. The zero-order valence-corrected chi connectivity index (χ0v) is 11.7. The molecule has 4 nitrogen and oxygen atoms in total. The van der Waals surface area contributed by atoms with Crippen LogP contribution in [0.2, 0.25) is 0 Å². The summed E-state index contributed by atoms with van der Waals surface area (Å²) in [7, 11) is 0. The van der Waals surface area contributed by atoms with Gasteiger partial charge in [-0.3, -0.25) is 9.59 Å². The molecule has 0 aliphatic heterocycles. The van der Waals surface area contributed by atoms with E-state index in [4.69, 9.17) is 5.73 Å². The van der Waals surface area contributed by atoms with E-state index >= 15 is 0 Å². The van der Waals surface area contributed by atoms with Gasteiger partial charge in [0.15, 0.2) is 5.78 Å². The lowest BCUT2D eigenvalue weighted by Gasteiger charge is -2.05. The van der Waals surface area contributed by atoms with Crippen molar-refractivity contribution in [1.82, 2.24) is 5.32 Å². The van der Waals surface area contributed by atoms with Crippen molar-refractivity contribution in [3.8, 4) is 0 Å². The molecule has 0 aliphatic rings. The first-order valence-electron chi connectivity index (χ1n) is 6.80. The molecule has 1 amide bonds. The molecule has 0 radical (unpaired) electrons. The third-order valence-electron chi connectivity index (χ3n) is 3.13. The second-order valence-electron chi connectivity index (χ2n) is 4.87. The molecule has 21 heavy (non-hydrogen) atoms. The van der Waals surface area contributed by atoms with Crippen molar-refractivity contribution in [3.63, 3.8) is 0 Å². The van der Waals surface area contributed by atoms with E-state index in [-0.39, 0.29) is 5.78 Å². The third kappa shape index (κ3) is 4.85. The summed E-state index contributed by atoms with van der Waals surface area (Å²) in [6.07, 6.45) is 0.348. The van der Waals surface area contributed by atoms with Gasteiger partial charge in [-0.1, -0.05) is 42.5 Å². The van der Waals surface area contributed by atoms with Gasteiger partial charge >= 0.3 is 0 Å². The number of Topliss-reactive ketones (excluding diaryl/α,β-unsaturated/α-hetero) is 1. The van der Waals surface area contributed by atoms with Crippen LogP contribution >= 0.6 is 0 Å². The molecule has 0 fully saturated rings. The van der Waals surface area contributed by atoms with Crippen LogP contribution in [-0.2, 0) is 17.8 Å². The number of primary amides is 1. The Bertz CT molecular complexity index is 606. The quantitative estimate of drug-likeness (QED) is 0.811. The largest absolute Gasteiger partial charge is 0.366 e. The lowest BCUT2D eigenvalue weighted by Crippen LogP contribution is -2.23. The van der Waals surface area contributed by atoms with Crippen LogP contribution in [-0.4, -0.2) is 18.2 Å². The summed E-state index contributed by atoms with van der Waals surface area (Å²) in [6.45, 7) is 1.000. The fourth-order valence-electron chi connectivity index (χ4n) is 2.02. The smallest absolute Gasteiger partial charge is 0.248 e. The summed E-state index contributed by atoms with van der Waals surface area (Å²) in [5.74, 6) is -0.352. The molecule has 4 heteroatoms. The van der Waals surface area contributed by atoms with Gasteiger partial charge in [0, 0.05) is 18.5 Å². The molecule has 108 valence electrons. The van der Waals surface area contributed by atoms with Crippen LogP contribution < -0.4 is 11.1 Å². The molecule has 0 unspecified atom stereocenters. The molecule has 0 heterocycles. The SMILES string of the molecule is NC(=O)c1ccc(CC(=O)CNCc2ccccc2)cc1. The van der Waals surface area contributed by atoms with Gasteiger partial charge in [-0.2, -0.15) is 0 Å². The molecule has 0 aromatic heterocycles. The van der Waals surface area contributed by atoms with Gasteiger partial charge < -0.3 is 11.1 Å². The highest BCUT2D eigenvalue weighted by molar-refractivity contribution is 5.92. The number of hydrogen-bond acceptors (Lipinski definition) is 3. The standard InChI is InChI=1S/C17H18N2O2/c18-17(21)15-8-6-13(7-9-15)10-16(20)12-19-11-14-4-2-1-3-5-14/h1-9,19H,10-12H2,(H2,18,21). The van der Waals surface area contributed by atoms with Crippen LogP contribution in [0.3, 0.4) is 0 Å². The number of hydrogen-bond donors (Lipinski definition) is 2. The number of amides is 1. The first kappa shape index (κ1) is 14.9. The Morgan fingerprint density at radius 3 is 2.19 bits per heavy atom. The number of carbonyl (C=O) groups excluding carboxylic acids is 2. The average molecular weight is 282 g/mol. The van der Waals surface area contributed by atoms with Gasteiger partial charge in [-0.25, -0.2) is 0 Å². The summed E-state index contributed by atoms with van der Waals surface area (Å²) in [4.78, 5) is 22.8. The average Bonchev–Trinajstić information content (AvgIpc) is 2.49. The van der Waals surface area contributed by atoms with E-state index < -0.39 is 5.91 Å². The molecular weight excluding hydrogens is 264 g/mol. The van der Waals surface area contributed by atoms with E-state index in [1.807, 2.05) is 30.3 Å². The summed E-state index contributed by atoms with van der Waals surface area (Å²) in [5.41, 5.74) is 7.65. The highest BCUT2D eigenvalue weighted by atomic mass is 16.1. The van der Waals surface area contributed by atoms with E-state index in [0.29, 0.717) is 25.1 Å². The summed E-state index contributed by atoms with van der Waals surface area (Å²) in [6, 6.07) is 16.7. The second kappa shape index (κ2) is 7.36. The predicted octanol–water partition coefficient (Wildman–Crippen LogP) is 1.69. The molecule has 0 saturated heterocycles. The normalized spacial score (nSPS) is 10.3. The van der Waals surface area contributed by atoms with Gasteiger partial charge in [0.25, 0.3) is 0 Å². The van der Waals surface area contributed by atoms with Gasteiger partial charge in [0.05, 0.1) is 6.54 Å². The van der Waals surface area contributed by atoms with Crippen LogP contribution in [0.5, 0.6) is 0 Å². The van der Waals surface area contributed by atoms with Gasteiger partial charge in [0.2, 0.25) is 5.91 Å². The van der Waals surface area contributed by atoms with E-state index in [1.54, 1.807) is 24.3 Å². The summed E-state index contributed by atoms with van der Waals surface area (Å²) >= 11 is 0. The Balaban J connectivity index is 1.78. The lowest BCUT2D eigenvalue weighted by molar-refractivity contribution is -0.117. The third-order valence-corrected chi connectivity index (χ3v) is 3.13.